The molecule has 2 atom stereocenters. The average molecular weight is 231 g/mol. The molecular formula is C15H21NO. The maximum atomic E-state index is 8.39. The topological polar surface area (TPSA) is 33.0 Å². The van der Waals surface area contributed by atoms with Crippen LogP contribution in [-0.2, 0) is 6.42 Å². The maximum Gasteiger partial charge on any atom is 0.292 e. The van der Waals surface area contributed by atoms with Gasteiger partial charge in [-0.2, -0.15) is 0 Å². The van der Waals surface area contributed by atoms with Crippen molar-refractivity contribution >= 4 is 0 Å². The van der Waals surface area contributed by atoms with E-state index >= 15 is 0 Å². The Morgan fingerprint density at radius 3 is 2.35 bits per heavy atom. The van der Waals surface area contributed by atoms with Crippen molar-refractivity contribution in [2.75, 3.05) is 0 Å². The van der Waals surface area contributed by atoms with Gasteiger partial charge < -0.3 is 4.74 Å². The van der Waals surface area contributed by atoms with Crippen LogP contribution >= 0.6 is 0 Å². The molecule has 0 aliphatic carbocycles. The Balaban J connectivity index is 2.48. The monoisotopic (exact) mass is 231 g/mol. The average Bonchev–Trinajstić information content (AvgIpc) is 2.31. The molecule has 0 aliphatic heterocycles. The van der Waals surface area contributed by atoms with E-state index in [4.69, 9.17) is 10.00 Å². The zero-order chi connectivity index (χ0) is 12.7. The van der Waals surface area contributed by atoms with Crippen LogP contribution in [0.25, 0.3) is 0 Å². The molecule has 0 N–H and O–H groups in total. The molecule has 0 radical (unpaired) electrons. The lowest BCUT2D eigenvalue weighted by atomic mass is 9.90. The summed E-state index contributed by atoms with van der Waals surface area (Å²) in [5.41, 5.74) is 1.31. The van der Waals surface area contributed by atoms with Gasteiger partial charge >= 0.3 is 0 Å². The lowest BCUT2D eigenvalue weighted by molar-refractivity contribution is 0.404. The summed E-state index contributed by atoms with van der Waals surface area (Å²) in [5, 5.41) is 8.39. The Bertz CT molecular complexity index is 364. The van der Waals surface area contributed by atoms with Gasteiger partial charge in [-0.3, -0.25) is 0 Å². The van der Waals surface area contributed by atoms with E-state index in [0.717, 1.165) is 12.3 Å². The predicted molar refractivity (Wildman–Crippen MR) is 69.6 cm³/mol. The first-order valence-electron chi connectivity index (χ1n) is 6.30. The van der Waals surface area contributed by atoms with E-state index in [2.05, 4.69) is 20.8 Å². The number of nitrogens with zero attached hydrogens (tertiary/aromatic N) is 1. The SMILES string of the molecule is CCC(C)CC(C)Cc1ccc(OC#N)cc1. The molecule has 2 heteroatoms. The van der Waals surface area contributed by atoms with Crippen LogP contribution in [0.5, 0.6) is 5.75 Å². The Kier molecular flexibility index (Phi) is 5.56. The molecule has 1 rings (SSSR count). The second kappa shape index (κ2) is 6.96. The first-order valence-corrected chi connectivity index (χ1v) is 6.30. The van der Waals surface area contributed by atoms with Crippen LogP contribution < -0.4 is 4.74 Å². The quantitative estimate of drug-likeness (QED) is 0.689. The number of hydrogen-bond acceptors (Lipinski definition) is 2. The first-order chi connectivity index (χ1) is 8.15. The summed E-state index contributed by atoms with van der Waals surface area (Å²) in [5.74, 6) is 2.12. The van der Waals surface area contributed by atoms with Crippen molar-refractivity contribution in [2.45, 2.75) is 40.0 Å². The summed E-state index contributed by atoms with van der Waals surface area (Å²) in [6.45, 7) is 6.84. The lowest BCUT2D eigenvalue weighted by Crippen LogP contribution is -2.05. The summed E-state index contributed by atoms with van der Waals surface area (Å²) in [6, 6.07) is 7.79. The highest BCUT2D eigenvalue weighted by Gasteiger charge is 2.08. The highest BCUT2D eigenvalue weighted by atomic mass is 16.5. The molecule has 2 nitrogen and oxygen atoms in total. The van der Waals surface area contributed by atoms with E-state index in [1.807, 2.05) is 24.3 Å². The minimum Gasteiger partial charge on any atom is -0.388 e. The van der Waals surface area contributed by atoms with Crippen LogP contribution in [0.2, 0.25) is 0 Å². The fraction of sp³-hybridized carbons (Fsp3) is 0.533. The van der Waals surface area contributed by atoms with Gasteiger partial charge in [-0.05, 0) is 42.4 Å². The number of rotatable bonds is 6. The van der Waals surface area contributed by atoms with Crippen molar-refractivity contribution in [3.05, 3.63) is 29.8 Å². The third-order valence-corrected chi connectivity index (χ3v) is 3.17. The van der Waals surface area contributed by atoms with Crippen LogP contribution in [0.15, 0.2) is 24.3 Å². The predicted octanol–water partition coefficient (Wildman–Crippen LogP) is 4.16. The molecule has 0 saturated carbocycles. The summed E-state index contributed by atoms with van der Waals surface area (Å²) in [6.07, 6.45) is 5.29. The third-order valence-electron chi connectivity index (χ3n) is 3.17. The molecular weight excluding hydrogens is 210 g/mol. The zero-order valence-corrected chi connectivity index (χ0v) is 10.9. The standard InChI is InChI=1S/C15H21NO/c1-4-12(2)9-13(3)10-14-5-7-15(8-6-14)17-11-16/h5-8,12-13H,4,9-10H2,1-3H3. The molecule has 0 spiro atoms. The zero-order valence-electron chi connectivity index (χ0n) is 10.9. The smallest absolute Gasteiger partial charge is 0.292 e. The van der Waals surface area contributed by atoms with Gasteiger partial charge in [0.2, 0.25) is 0 Å². The van der Waals surface area contributed by atoms with Gasteiger partial charge in [0.1, 0.15) is 5.75 Å². The molecule has 92 valence electrons. The number of hydrogen-bond donors (Lipinski definition) is 0. The van der Waals surface area contributed by atoms with Gasteiger partial charge in [0.05, 0.1) is 0 Å². The van der Waals surface area contributed by atoms with Crippen molar-refractivity contribution in [1.82, 2.24) is 0 Å². The van der Waals surface area contributed by atoms with E-state index < -0.39 is 0 Å². The number of nitriles is 1. The Hall–Kier alpha value is -1.49. The highest BCUT2D eigenvalue weighted by Crippen LogP contribution is 2.20. The van der Waals surface area contributed by atoms with Gasteiger partial charge in [-0.25, -0.2) is 0 Å². The Morgan fingerprint density at radius 2 is 1.82 bits per heavy atom. The fourth-order valence-corrected chi connectivity index (χ4v) is 2.09. The molecule has 0 bridgehead atoms. The van der Waals surface area contributed by atoms with Crippen LogP contribution in [-0.4, -0.2) is 0 Å². The Labute approximate surface area is 104 Å². The molecule has 0 amide bonds. The summed E-state index contributed by atoms with van der Waals surface area (Å²) < 4.78 is 4.75. The van der Waals surface area contributed by atoms with Crippen molar-refractivity contribution in [3.8, 4) is 12.0 Å². The molecule has 1 aromatic rings. The van der Waals surface area contributed by atoms with E-state index in [1.54, 1.807) is 6.26 Å². The molecule has 0 fully saturated rings. The Morgan fingerprint density at radius 1 is 1.18 bits per heavy atom. The molecule has 0 heterocycles. The molecule has 2 unspecified atom stereocenters. The summed E-state index contributed by atoms with van der Waals surface area (Å²) in [7, 11) is 0. The second-order valence-electron chi connectivity index (χ2n) is 4.90. The van der Waals surface area contributed by atoms with Crippen molar-refractivity contribution < 1.29 is 4.74 Å². The number of benzene rings is 1. The number of ether oxygens (including phenoxy) is 1. The fourth-order valence-electron chi connectivity index (χ4n) is 2.09. The van der Waals surface area contributed by atoms with Crippen molar-refractivity contribution in [1.29, 1.82) is 5.26 Å². The van der Waals surface area contributed by atoms with Crippen LogP contribution in [0.3, 0.4) is 0 Å². The minimum atomic E-state index is 0.617. The summed E-state index contributed by atoms with van der Waals surface area (Å²) in [4.78, 5) is 0. The van der Waals surface area contributed by atoms with E-state index in [0.29, 0.717) is 11.7 Å². The second-order valence-corrected chi connectivity index (χ2v) is 4.90. The first kappa shape index (κ1) is 13.6. The minimum absolute atomic E-state index is 0.617. The van der Waals surface area contributed by atoms with E-state index in [-0.39, 0.29) is 0 Å². The summed E-state index contributed by atoms with van der Waals surface area (Å²) >= 11 is 0. The van der Waals surface area contributed by atoms with E-state index in [9.17, 15) is 0 Å². The normalized spacial score (nSPS) is 13.8. The van der Waals surface area contributed by atoms with Crippen LogP contribution in [0.1, 0.15) is 39.2 Å². The van der Waals surface area contributed by atoms with Crippen LogP contribution in [0, 0.1) is 23.4 Å². The highest BCUT2D eigenvalue weighted by molar-refractivity contribution is 5.28. The molecule has 0 saturated heterocycles. The van der Waals surface area contributed by atoms with Crippen molar-refractivity contribution in [2.24, 2.45) is 11.8 Å². The molecule has 1 aromatic carbocycles. The van der Waals surface area contributed by atoms with Gasteiger partial charge in [0.25, 0.3) is 6.26 Å². The van der Waals surface area contributed by atoms with Gasteiger partial charge in [0, 0.05) is 0 Å². The maximum absolute atomic E-state index is 8.39. The van der Waals surface area contributed by atoms with E-state index in [1.165, 1.54) is 18.4 Å². The van der Waals surface area contributed by atoms with Crippen LogP contribution in [0.4, 0.5) is 0 Å². The van der Waals surface area contributed by atoms with Crippen molar-refractivity contribution in [3.63, 3.8) is 0 Å². The van der Waals surface area contributed by atoms with Gasteiger partial charge in [-0.1, -0.05) is 39.3 Å². The van der Waals surface area contributed by atoms with Gasteiger partial charge in [-0.15, -0.1) is 5.26 Å². The third kappa shape index (κ3) is 4.91. The molecule has 0 aromatic heterocycles. The molecule has 17 heavy (non-hydrogen) atoms. The molecule has 0 aliphatic rings. The lowest BCUT2D eigenvalue weighted by Gasteiger charge is -2.15. The van der Waals surface area contributed by atoms with Gasteiger partial charge in [0.15, 0.2) is 0 Å². The largest absolute Gasteiger partial charge is 0.388 e.